The molecule has 1 saturated heterocycles. The summed E-state index contributed by atoms with van der Waals surface area (Å²) in [5, 5.41) is 10.2. The molecule has 2 nitrogen and oxygen atoms in total. The van der Waals surface area contributed by atoms with Gasteiger partial charge in [-0.15, -0.1) is 0 Å². The number of β-amino-alcohol motifs (C(OH)–C–C–N with tert-alkyl or cyclic N) is 1. The van der Waals surface area contributed by atoms with Crippen LogP contribution in [0.3, 0.4) is 0 Å². The van der Waals surface area contributed by atoms with Crippen LogP contribution in [0.5, 0.6) is 0 Å². The molecule has 1 N–H and O–H groups in total. The Kier molecular flexibility index (Phi) is 2.39. The maximum absolute atomic E-state index is 10.2. The van der Waals surface area contributed by atoms with Gasteiger partial charge in [0.15, 0.2) is 0 Å². The summed E-state index contributed by atoms with van der Waals surface area (Å²) in [5.74, 6) is 0.584. The van der Waals surface area contributed by atoms with Gasteiger partial charge in [0.2, 0.25) is 0 Å². The number of hydrogen-bond acceptors (Lipinski definition) is 2. The van der Waals surface area contributed by atoms with Crippen molar-refractivity contribution >= 4 is 0 Å². The lowest BCUT2D eigenvalue weighted by atomic mass is 9.90. The Morgan fingerprint density at radius 2 is 1.93 bits per heavy atom. The molecule has 1 aliphatic heterocycles. The first-order valence-electron chi connectivity index (χ1n) is 5.86. The third kappa shape index (κ3) is 2.29. The van der Waals surface area contributed by atoms with Crippen LogP contribution in [0.2, 0.25) is 0 Å². The van der Waals surface area contributed by atoms with E-state index in [1.807, 2.05) is 6.92 Å². The van der Waals surface area contributed by atoms with Crippen LogP contribution in [-0.2, 0) is 0 Å². The molecule has 0 amide bonds. The van der Waals surface area contributed by atoms with Crippen molar-refractivity contribution in [1.29, 1.82) is 0 Å². The highest BCUT2D eigenvalue weighted by atomic mass is 16.3. The third-order valence-corrected chi connectivity index (χ3v) is 3.49. The number of hydrogen-bond donors (Lipinski definition) is 1. The zero-order valence-corrected chi connectivity index (χ0v) is 9.71. The first-order chi connectivity index (χ1) is 6.41. The minimum atomic E-state index is -0.481. The van der Waals surface area contributed by atoms with Crippen molar-refractivity contribution in [2.75, 3.05) is 19.6 Å². The molecule has 0 radical (unpaired) electrons. The van der Waals surface area contributed by atoms with Crippen molar-refractivity contribution in [2.45, 2.75) is 45.6 Å². The Morgan fingerprint density at radius 1 is 1.36 bits per heavy atom. The van der Waals surface area contributed by atoms with Crippen molar-refractivity contribution in [3.8, 4) is 0 Å². The minimum absolute atomic E-state index is 0.481. The van der Waals surface area contributed by atoms with Gasteiger partial charge in [-0.2, -0.15) is 0 Å². The molecule has 82 valence electrons. The lowest BCUT2D eigenvalue weighted by molar-refractivity contribution is -0.0371. The normalized spacial score (nSPS) is 28.9. The molecule has 2 heteroatoms. The first kappa shape index (κ1) is 10.4. The van der Waals surface area contributed by atoms with Gasteiger partial charge in [-0.25, -0.2) is 0 Å². The molecule has 1 unspecified atom stereocenters. The molecular formula is C12H23NO. The quantitative estimate of drug-likeness (QED) is 0.744. The summed E-state index contributed by atoms with van der Waals surface area (Å²) in [7, 11) is 0. The molecule has 2 aliphatic rings. The van der Waals surface area contributed by atoms with Crippen molar-refractivity contribution in [3.63, 3.8) is 0 Å². The Morgan fingerprint density at radius 3 is 2.36 bits per heavy atom. The third-order valence-electron chi connectivity index (χ3n) is 3.49. The molecule has 14 heavy (non-hydrogen) atoms. The fourth-order valence-corrected chi connectivity index (χ4v) is 2.93. The second-order valence-corrected chi connectivity index (χ2v) is 6.24. The van der Waals surface area contributed by atoms with E-state index >= 15 is 0 Å². The molecule has 1 saturated carbocycles. The Labute approximate surface area is 87.3 Å². The fourth-order valence-electron chi connectivity index (χ4n) is 2.93. The molecule has 2 rings (SSSR count). The SMILES string of the molecule is CC(C)CC(C)(O)CN1CC2(CC2)C1. The number of nitrogens with zero attached hydrogens (tertiary/aromatic N) is 1. The topological polar surface area (TPSA) is 23.5 Å². The Balaban J connectivity index is 1.73. The van der Waals surface area contributed by atoms with E-state index in [0.717, 1.165) is 13.0 Å². The van der Waals surface area contributed by atoms with Gasteiger partial charge in [-0.1, -0.05) is 13.8 Å². The molecule has 0 aromatic carbocycles. The van der Waals surface area contributed by atoms with Crippen LogP contribution in [-0.4, -0.2) is 35.2 Å². The monoisotopic (exact) mass is 197 g/mol. The van der Waals surface area contributed by atoms with E-state index in [1.54, 1.807) is 0 Å². The average Bonchev–Trinajstić information content (AvgIpc) is 2.61. The average molecular weight is 197 g/mol. The molecule has 0 aromatic rings. The summed E-state index contributed by atoms with van der Waals surface area (Å²) in [4.78, 5) is 2.41. The largest absolute Gasteiger partial charge is 0.389 e. The van der Waals surface area contributed by atoms with Gasteiger partial charge >= 0.3 is 0 Å². The Bertz CT molecular complexity index is 210. The smallest absolute Gasteiger partial charge is 0.0748 e. The number of aliphatic hydroxyl groups is 1. The summed E-state index contributed by atoms with van der Waals surface area (Å²) < 4.78 is 0. The lowest BCUT2D eigenvalue weighted by Gasteiger charge is -2.44. The van der Waals surface area contributed by atoms with Gasteiger partial charge in [0.05, 0.1) is 5.60 Å². The summed E-state index contributed by atoms with van der Waals surface area (Å²) >= 11 is 0. The molecule has 1 spiro atoms. The van der Waals surface area contributed by atoms with E-state index in [2.05, 4.69) is 18.7 Å². The first-order valence-corrected chi connectivity index (χ1v) is 5.86. The van der Waals surface area contributed by atoms with E-state index in [0.29, 0.717) is 11.3 Å². The zero-order chi connectivity index (χ0) is 10.4. The summed E-state index contributed by atoms with van der Waals surface area (Å²) in [6, 6.07) is 0. The molecular weight excluding hydrogens is 174 g/mol. The van der Waals surface area contributed by atoms with Crippen molar-refractivity contribution in [2.24, 2.45) is 11.3 Å². The lowest BCUT2D eigenvalue weighted by Crippen LogP contribution is -2.54. The Hall–Kier alpha value is -0.0800. The molecule has 1 aliphatic carbocycles. The van der Waals surface area contributed by atoms with Crippen LogP contribution in [0.25, 0.3) is 0 Å². The highest BCUT2D eigenvalue weighted by Crippen LogP contribution is 2.53. The van der Waals surface area contributed by atoms with Crippen LogP contribution in [0.1, 0.15) is 40.0 Å². The predicted molar refractivity (Wildman–Crippen MR) is 58.2 cm³/mol. The van der Waals surface area contributed by atoms with Crippen LogP contribution in [0.4, 0.5) is 0 Å². The maximum Gasteiger partial charge on any atom is 0.0748 e. The maximum atomic E-state index is 10.2. The van der Waals surface area contributed by atoms with E-state index in [-0.39, 0.29) is 0 Å². The van der Waals surface area contributed by atoms with Gasteiger partial charge < -0.3 is 5.11 Å². The second-order valence-electron chi connectivity index (χ2n) is 6.24. The van der Waals surface area contributed by atoms with Crippen LogP contribution < -0.4 is 0 Å². The second kappa shape index (κ2) is 3.21. The van der Waals surface area contributed by atoms with Gasteiger partial charge in [0.1, 0.15) is 0 Å². The number of rotatable bonds is 4. The summed E-state index contributed by atoms with van der Waals surface area (Å²) in [6.45, 7) is 9.67. The standard InChI is InChI=1S/C12H23NO/c1-10(2)6-11(3,14)7-13-8-12(9-13)4-5-12/h10,14H,4-9H2,1-3H3. The summed E-state index contributed by atoms with van der Waals surface area (Å²) in [6.07, 6.45) is 3.77. The van der Waals surface area contributed by atoms with E-state index in [1.165, 1.54) is 25.9 Å². The van der Waals surface area contributed by atoms with Gasteiger partial charge in [0.25, 0.3) is 0 Å². The van der Waals surface area contributed by atoms with Crippen LogP contribution in [0, 0.1) is 11.3 Å². The van der Waals surface area contributed by atoms with E-state index < -0.39 is 5.60 Å². The fraction of sp³-hybridized carbons (Fsp3) is 1.00. The van der Waals surface area contributed by atoms with Gasteiger partial charge in [-0.05, 0) is 37.5 Å². The molecule has 0 aromatic heterocycles. The van der Waals surface area contributed by atoms with Crippen molar-refractivity contribution < 1.29 is 5.11 Å². The highest BCUT2D eigenvalue weighted by molar-refractivity contribution is 5.06. The minimum Gasteiger partial charge on any atom is -0.389 e. The van der Waals surface area contributed by atoms with Gasteiger partial charge in [0, 0.05) is 19.6 Å². The molecule has 2 fully saturated rings. The molecule has 0 bridgehead atoms. The van der Waals surface area contributed by atoms with Gasteiger partial charge in [-0.3, -0.25) is 4.90 Å². The zero-order valence-electron chi connectivity index (χ0n) is 9.71. The van der Waals surface area contributed by atoms with E-state index in [4.69, 9.17) is 0 Å². The highest BCUT2D eigenvalue weighted by Gasteiger charge is 2.52. The van der Waals surface area contributed by atoms with Crippen LogP contribution in [0.15, 0.2) is 0 Å². The predicted octanol–water partition coefficient (Wildman–Crippen LogP) is 1.88. The summed E-state index contributed by atoms with van der Waals surface area (Å²) in [5.41, 5.74) is 0.235. The molecule has 1 atom stereocenters. The van der Waals surface area contributed by atoms with Crippen molar-refractivity contribution in [3.05, 3.63) is 0 Å². The van der Waals surface area contributed by atoms with E-state index in [9.17, 15) is 5.11 Å². The molecule has 1 heterocycles. The van der Waals surface area contributed by atoms with Crippen molar-refractivity contribution in [1.82, 2.24) is 4.90 Å². The van der Waals surface area contributed by atoms with Crippen LogP contribution >= 0.6 is 0 Å². The number of likely N-dealkylation sites (tertiary alicyclic amines) is 1.